The average molecular weight is 383 g/mol. The van der Waals surface area contributed by atoms with Crippen LogP contribution in [0, 0.1) is 24.5 Å². The van der Waals surface area contributed by atoms with Gasteiger partial charge in [-0.2, -0.15) is 0 Å². The minimum Gasteiger partial charge on any atom is -0.332 e. The van der Waals surface area contributed by atoms with Crippen molar-refractivity contribution in [2.45, 2.75) is 37.8 Å². The lowest BCUT2D eigenvalue weighted by atomic mass is 9.75. The number of fused-ring (bicyclic) bond motifs is 2. The monoisotopic (exact) mass is 383 g/mol. The number of rotatable bonds is 2. The molecule has 28 heavy (non-hydrogen) atoms. The highest BCUT2D eigenvalue weighted by Gasteiger charge is 2.55. The topological polar surface area (TPSA) is 36.4 Å². The molecule has 6 heteroatoms. The van der Waals surface area contributed by atoms with E-state index < -0.39 is 11.6 Å². The Bertz CT molecular complexity index is 905. The second-order valence-corrected chi connectivity index (χ2v) is 8.29. The Hall–Kier alpha value is -2.34. The number of carbonyl (C=O) groups excluding carboxylic acids is 1. The van der Waals surface area contributed by atoms with Gasteiger partial charge in [-0.15, -0.1) is 0 Å². The third-order valence-electron chi connectivity index (χ3n) is 6.78. The van der Waals surface area contributed by atoms with E-state index in [4.69, 9.17) is 0 Å². The van der Waals surface area contributed by atoms with Gasteiger partial charge < -0.3 is 4.90 Å². The van der Waals surface area contributed by atoms with Gasteiger partial charge in [-0.25, -0.2) is 8.78 Å². The zero-order valence-electron chi connectivity index (χ0n) is 15.8. The minimum atomic E-state index is -0.562. The molecule has 146 valence electrons. The Kier molecular flexibility index (Phi) is 4.19. The zero-order chi connectivity index (χ0) is 19.4. The van der Waals surface area contributed by atoms with E-state index in [0.717, 1.165) is 37.6 Å². The summed E-state index contributed by atoms with van der Waals surface area (Å²) < 4.78 is 27.8. The Morgan fingerprint density at radius 1 is 1.11 bits per heavy atom. The summed E-state index contributed by atoms with van der Waals surface area (Å²) in [7, 11) is 0. The Morgan fingerprint density at radius 3 is 2.50 bits per heavy atom. The van der Waals surface area contributed by atoms with Gasteiger partial charge in [0.05, 0.1) is 6.04 Å². The van der Waals surface area contributed by atoms with E-state index in [1.165, 1.54) is 12.1 Å². The number of nitrogens with zero attached hydrogens (tertiary/aromatic N) is 3. The number of halogens is 2. The smallest absolute Gasteiger partial charge is 0.273 e. The number of aryl methyl sites for hydroxylation is 1. The average Bonchev–Trinajstić information content (AvgIpc) is 3.11. The van der Waals surface area contributed by atoms with E-state index in [1.807, 2.05) is 24.0 Å². The van der Waals surface area contributed by atoms with E-state index in [2.05, 4.69) is 9.88 Å². The largest absolute Gasteiger partial charge is 0.332 e. The fourth-order valence-corrected chi connectivity index (χ4v) is 5.58. The Morgan fingerprint density at radius 2 is 1.82 bits per heavy atom. The molecule has 4 nitrogen and oxygen atoms in total. The molecule has 0 aliphatic carbocycles. The normalized spacial score (nSPS) is 31.1. The molecule has 0 unspecified atom stereocenters. The molecule has 1 aromatic carbocycles. The lowest BCUT2D eigenvalue weighted by molar-refractivity contribution is -0.00363. The molecule has 2 bridgehead atoms. The van der Waals surface area contributed by atoms with Crippen LogP contribution in [0.1, 0.15) is 40.4 Å². The second-order valence-electron chi connectivity index (χ2n) is 8.29. The van der Waals surface area contributed by atoms with Crippen molar-refractivity contribution in [3.05, 3.63) is 65.0 Å². The van der Waals surface area contributed by atoms with Gasteiger partial charge in [-0.05, 0) is 68.1 Å². The minimum absolute atomic E-state index is 0.0683. The van der Waals surface area contributed by atoms with Crippen molar-refractivity contribution in [3.8, 4) is 0 Å². The molecular weight excluding hydrogens is 360 g/mol. The van der Waals surface area contributed by atoms with E-state index >= 15 is 0 Å². The van der Waals surface area contributed by atoms with E-state index in [0.29, 0.717) is 23.7 Å². The molecule has 6 rings (SSSR count). The number of piperidine rings is 3. The van der Waals surface area contributed by atoms with Crippen molar-refractivity contribution in [3.63, 3.8) is 0 Å². The summed E-state index contributed by atoms with van der Waals surface area (Å²) in [5.74, 6) is -0.848. The van der Waals surface area contributed by atoms with Crippen molar-refractivity contribution >= 4 is 5.91 Å². The van der Waals surface area contributed by atoms with Crippen LogP contribution < -0.4 is 0 Å². The van der Waals surface area contributed by atoms with Gasteiger partial charge in [0, 0.05) is 30.8 Å². The molecule has 0 radical (unpaired) electrons. The third-order valence-corrected chi connectivity index (χ3v) is 6.78. The molecule has 1 amide bonds. The molecule has 0 saturated carbocycles. The summed E-state index contributed by atoms with van der Waals surface area (Å²) in [6.07, 6.45) is 3.77. The van der Waals surface area contributed by atoms with Crippen molar-refractivity contribution in [2.75, 3.05) is 19.6 Å². The van der Waals surface area contributed by atoms with Gasteiger partial charge >= 0.3 is 0 Å². The molecule has 0 N–H and O–H groups in total. The third kappa shape index (κ3) is 2.73. The summed E-state index contributed by atoms with van der Waals surface area (Å²) in [6.45, 7) is 4.35. The SMILES string of the molecule is Cc1cccnc1C(=O)N1C[C@H](c2cc(F)cc(F)c2)[C@H]2[C@@H]1C1CCN2CC1. The highest BCUT2D eigenvalue weighted by atomic mass is 19.1. The van der Waals surface area contributed by atoms with Crippen LogP contribution in [0.15, 0.2) is 36.5 Å². The van der Waals surface area contributed by atoms with Crippen molar-refractivity contribution < 1.29 is 13.6 Å². The van der Waals surface area contributed by atoms with Gasteiger partial charge in [0.2, 0.25) is 0 Å². The van der Waals surface area contributed by atoms with Crippen LogP contribution >= 0.6 is 0 Å². The molecule has 1 aromatic heterocycles. The van der Waals surface area contributed by atoms with E-state index in [9.17, 15) is 13.6 Å². The Labute approximate surface area is 163 Å². The molecule has 0 spiro atoms. The fraction of sp³-hybridized carbons (Fsp3) is 0.455. The van der Waals surface area contributed by atoms with Crippen LogP contribution in [-0.4, -0.2) is 52.4 Å². The molecule has 5 heterocycles. The molecule has 4 aliphatic rings. The fourth-order valence-electron chi connectivity index (χ4n) is 5.58. The van der Waals surface area contributed by atoms with Crippen LogP contribution in [0.4, 0.5) is 8.78 Å². The molecular formula is C22H23F2N3O. The predicted octanol–water partition coefficient (Wildman–Crippen LogP) is 3.37. The number of carbonyl (C=O) groups is 1. The van der Waals surface area contributed by atoms with Gasteiger partial charge in [0.15, 0.2) is 0 Å². The predicted molar refractivity (Wildman–Crippen MR) is 101 cm³/mol. The van der Waals surface area contributed by atoms with Gasteiger partial charge in [0.25, 0.3) is 5.91 Å². The summed E-state index contributed by atoms with van der Waals surface area (Å²) in [5.41, 5.74) is 1.97. The van der Waals surface area contributed by atoms with Crippen LogP contribution in [0.3, 0.4) is 0 Å². The molecule has 4 saturated heterocycles. The quantitative estimate of drug-likeness (QED) is 0.798. The van der Waals surface area contributed by atoms with Gasteiger partial charge in [0.1, 0.15) is 17.3 Å². The molecule has 2 aromatic rings. The number of hydrogen-bond acceptors (Lipinski definition) is 3. The van der Waals surface area contributed by atoms with Gasteiger partial charge in [-0.3, -0.25) is 14.7 Å². The molecule has 4 aliphatic heterocycles. The molecule has 4 fully saturated rings. The number of aromatic nitrogens is 1. The van der Waals surface area contributed by atoms with Crippen LogP contribution in [0.25, 0.3) is 0 Å². The summed E-state index contributed by atoms with van der Waals surface area (Å²) in [6, 6.07) is 7.66. The number of likely N-dealkylation sites (tertiary alicyclic amines) is 1. The maximum absolute atomic E-state index is 13.9. The summed E-state index contributed by atoms with van der Waals surface area (Å²) in [5, 5.41) is 0. The first-order chi connectivity index (χ1) is 13.5. The standard InChI is InChI=1S/C22H23F2N3O/c1-13-3-2-6-25-19(13)22(28)27-12-18(15-9-16(23)11-17(24)10-15)21-20(27)14-4-7-26(21)8-5-14/h2-3,6,9-11,14,18,20-21H,4-5,7-8,12H2,1H3/t18-,20+,21+/m1/s1. The highest BCUT2D eigenvalue weighted by Crippen LogP contribution is 2.47. The maximum Gasteiger partial charge on any atom is 0.273 e. The van der Waals surface area contributed by atoms with Crippen LogP contribution in [-0.2, 0) is 0 Å². The van der Waals surface area contributed by atoms with Crippen LogP contribution in [0.2, 0.25) is 0 Å². The summed E-state index contributed by atoms with van der Waals surface area (Å²) >= 11 is 0. The molecule has 3 atom stereocenters. The Balaban J connectivity index is 1.56. The second kappa shape index (κ2) is 6.62. The number of pyridine rings is 1. The number of hydrogen-bond donors (Lipinski definition) is 0. The highest BCUT2D eigenvalue weighted by molar-refractivity contribution is 5.94. The first-order valence-electron chi connectivity index (χ1n) is 9.95. The van der Waals surface area contributed by atoms with Crippen LogP contribution in [0.5, 0.6) is 0 Å². The number of amides is 1. The van der Waals surface area contributed by atoms with Gasteiger partial charge in [-0.1, -0.05) is 6.07 Å². The van der Waals surface area contributed by atoms with E-state index in [1.54, 1.807) is 6.20 Å². The zero-order valence-corrected chi connectivity index (χ0v) is 15.8. The van der Waals surface area contributed by atoms with Crippen molar-refractivity contribution in [1.82, 2.24) is 14.8 Å². The first-order valence-corrected chi connectivity index (χ1v) is 9.95. The van der Waals surface area contributed by atoms with E-state index in [-0.39, 0.29) is 23.9 Å². The number of benzene rings is 1. The van der Waals surface area contributed by atoms with Crippen molar-refractivity contribution in [2.24, 2.45) is 5.92 Å². The first kappa shape index (κ1) is 17.7. The summed E-state index contributed by atoms with van der Waals surface area (Å²) in [4.78, 5) is 22.1. The lowest BCUT2D eigenvalue weighted by Gasteiger charge is -2.51. The maximum atomic E-state index is 13.9. The lowest BCUT2D eigenvalue weighted by Crippen LogP contribution is -2.60. The van der Waals surface area contributed by atoms with Crippen molar-refractivity contribution in [1.29, 1.82) is 0 Å².